The van der Waals surface area contributed by atoms with Crippen LogP contribution in [0.2, 0.25) is 0 Å². The number of amidine groups is 2. The van der Waals surface area contributed by atoms with Gasteiger partial charge in [-0.2, -0.15) is 0 Å². The summed E-state index contributed by atoms with van der Waals surface area (Å²) in [4.78, 5) is 31.0. The maximum absolute atomic E-state index is 14.3. The summed E-state index contributed by atoms with van der Waals surface area (Å²) in [6.45, 7) is 0. The zero-order valence-electron chi connectivity index (χ0n) is 60.2. The van der Waals surface area contributed by atoms with Crippen molar-refractivity contribution in [1.29, 1.82) is 0 Å². The van der Waals surface area contributed by atoms with E-state index in [-0.39, 0.29) is 53.4 Å². The molecule has 0 N–H and O–H groups in total. The second-order valence-corrected chi connectivity index (χ2v) is 26.1. The van der Waals surface area contributed by atoms with Gasteiger partial charge >= 0.3 is 19.5 Å². The number of hydrogen-bond acceptors (Lipinski definition) is 2. The van der Waals surface area contributed by atoms with Crippen LogP contribution >= 0.6 is 46.4 Å². The molecule has 0 unspecified atom stereocenters. The molecule has 14 aromatic rings. The number of rotatable bonds is 10. The minimum atomic E-state index is -0.364. The average molecular weight is 1600 g/mol. The monoisotopic (exact) mass is 1600 g/mol. The van der Waals surface area contributed by atoms with Crippen molar-refractivity contribution in [3.05, 3.63) is 430 Å². The summed E-state index contributed by atoms with van der Waals surface area (Å²) in [7, 11) is 0. The molecule has 0 radical (unpaired) electrons. The van der Waals surface area contributed by atoms with E-state index in [1.807, 2.05) is 243 Å². The number of benzene rings is 12. The van der Waals surface area contributed by atoms with Gasteiger partial charge in [0.1, 0.15) is 23.3 Å². The molecule has 540 valence electrons. The second kappa shape index (κ2) is 39.6. The fraction of sp³-hybridized carbons (Fsp3) is 0.0204. The van der Waals surface area contributed by atoms with Crippen molar-refractivity contribution in [1.82, 2.24) is 9.97 Å². The molecule has 12 aromatic carbocycles. The van der Waals surface area contributed by atoms with Crippen molar-refractivity contribution in [2.24, 2.45) is 20.0 Å². The van der Waals surface area contributed by atoms with Crippen molar-refractivity contribution in [3.63, 3.8) is 0 Å². The van der Waals surface area contributed by atoms with E-state index in [0.29, 0.717) is 113 Å². The number of allylic oxidation sites excluding steroid dienone is 2. The first kappa shape index (κ1) is 79.6. The smallest absolute Gasteiger partial charge is 0.434 e. The first-order valence-electron chi connectivity index (χ1n) is 35.1. The van der Waals surface area contributed by atoms with Crippen molar-refractivity contribution in [3.8, 4) is 92.1 Å². The third-order valence-corrected chi connectivity index (χ3v) is 17.3. The summed E-state index contributed by atoms with van der Waals surface area (Å²) in [5.74, 6) is 26.8. The van der Waals surface area contributed by atoms with Crippen LogP contribution in [0.4, 0.5) is 29.2 Å². The van der Waals surface area contributed by atoms with Gasteiger partial charge in [-0.1, -0.05) is 290 Å². The number of halogens is 8. The predicted molar refractivity (Wildman–Crippen MR) is 453 cm³/mol. The molecule has 2 aromatic heterocycles. The Labute approximate surface area is 686 Å². The van der Waals surface area contributed by atoms with E-state index in [1.54, 1.807) is 48.5 Å². The van der Waals surface area contributed by atoms with E-state index < -0.39 is 0 Å². The zero-order valence-corrected chi connectivity index (χ0v) is 66.2. The molecule has 0 aliphatic carbocycles. The normalized spacial score (nSPS) is 12.4. The molecular weight excluding hydrogens is 1540 g/mol. The van der Waals surface area contributed by atoms with Crippen LogP contribution in [0.5, 0.6) is 0 Å². The van der Waals surface area contributed by atoms with Crippen molar-refractivity contribution in [2.75, 3.05) is 10.7 Å². The number of hydrogen-bond donors (Lipinski definition) is 0. The van der Waals surface area contributed by atoms with Crippen LogP contribution in [0.3, 0.4) is 0 Å². The van der Waals surface area contributed by atoms with E-state index in [2.05, 4.69) is 47.4 Å². The summed E-state index contributed by atoms with van der Waals surface area (Å²) in [5, 5.41) is 0.389. The predicted octanol–water partition coefficient (Wildman–Crippen LogP) is 24.2. The summed E-state index contributed by atoms with van der Waals surface area (Å²) in [6, 6.07) is 103. The summed E-state index contributed by atoms with van der Waals surface area (Å²) in [5.41, 5.74) is 17.2. The minimum Gasteiger partial charge on any atom is -0.434 e. The summed E-state index contributed by atoms with van der Waals surface area (Å²) in [6.07, 6.45) is 0. The third-order valence-electron chi connectivity index (χ3n) is 17.3. The van der Waals surface area contributed by atoms with Crippen LogP contribution in [0.15, 0.2) is 371 Å². The Morgan fingerprint density at radius 3 is 0.761 bits per heavy atom. The molecule has 2 aliphatic heterocycles. The van der Waals surface area contributed by atoms with E-state index in [9.17, 15) is 17.6 Å². The Hall–Kier alpha value is -12.9. The molecule has 0 bridgehead atoms. The number of nitrogens with zero attached hydrogens (tertiary/aromatic N) is 6. The molecule has 0 spiro atoms. The van der Waals surface area contributed by atoms with E-state index >= 15 is 0 Å². The first-order valence-corrected chi connectivity index (χ1v) is 37.2. The van der Waals surface area contributed by atoms with Gasteiger partial charge in [-0.25, -0.2) is 17.6 Å². The third kappa shape index (κ3) is 20.2. The van der Waals surface area contributed by atoms with Gasteiger partial charge < -0.3 is 20.0 Å². The molecule has 0 saturated carbocycles. The number of aliphatic imine (C=N–C) groups is 4. The van der Waals surface area contributed by atoms with Crippen LogP contribution in [-0.2, 0) is 19.5 Å². The Balaban J connectivity index is 0.000000194. The van der Waals surface area contributed by atoms with Gasteiger partial charge in [0.15, 0.2) is 0 Å². The Morgan fingerprint density at radius 2 is 0.496 bits per heavy atom. The Bertz CT molecular complexity index is 5720. The quantitative estimate of drug-likeness (QED) is 0.0592. The molecule has 6 nitrogen and oxygen atoms in total. The van der Waals surface area contributed by atoms with Crippen LogP contribution in [-0.4, -0.2) is 33.8 Å². The minimum absolute atomic E-state index is 0. The van der Waals surface area contributed by atoms with Crippen molar-refractivity contribution in [2.45, 2.75) is 0 Å². The van der Waals surface area contributed by atoms with Gasteiger partial charge in [0.05, 0.1) is 44.9 Å². The largest absolute Gasteiger partial charge is 2.00 e. The molecule has 0 fully saturated rings. The van der Waals surface area contributed by atoms with Crippen molar-refractivity contribution >= 4 is 92.3 Å². The molecule has 2 aliphatic rings. The molecule has 4 heterocycles. The van der Waals surface area contributed by atoms with Gasteiger partial charge in [0.25, 0.3) is 0 Å². The second-order valence-electron chi connectivity index (χ2n) is 24.5. The molecule has 15 heteroatoms. The maximum Gasteiger partial charge on any atom is 2.00 e. The molecule has 16 rings (SSSR count). The van der Waals surface area contributed by atoms with Gasteiger partial charge in [-0.05, 0) is 165 Å². The maximum atomic E-state index is 14.3. The fourth-order valence-corrected chi connectivity index (χ4v) is 12.2. The molecular formula is C98H60Cl4F4N6Zn. The van der Waals surface area contributed by atoms with Crippen LogP contribution in [0.25, 0.3) is 55.9 Å². The van der Waals surface area contributed by atoms with E-state index in [4.69, 9.17) is 76.3 Å². The Morgan fingerprint density at radius 1 is 0.265 bits per heavy atom. The van der Waals surface area contributed by atoms with E-state index in [1.165, 1.54) is 48.5 Å². The molecule has 113 heavy (non-hydrogen) atoms. The van der Waals surface area contributed by atoms with Gasteiger partial charge in [-0.3, -0.25) is 9.98 Å². The Kier molecular flexibility index (Phi) is 27.9. The van der Waals surface area contributed by atoms with E-state index in [0.717, 1.165) is 44.5 Å². The van der Waals surface area contributed by atoms with Gasteiger partial charge in [-0.15, -0.1) is 46.4 Å². The summed E-state index contributed by atoms with van der Waals surface area (Å²) >= 11 is 19.1. The van der Waals surface area contributed by atoms with Crippen LogP contribution < -0.4 is 9.97 Å². The number of aromatic nitrogens is 2. The van der Waals surface area contributed by atoms with Gasteiger partial charge in [0.2, 0.25) is 0 Å². The topological polar surface area (TPSA) is 77.6 Å². The SMILES string of the molecule is ClCCl.ClCCl.Fc1ccc(C2=C(C#Cc3ccccc3)C(c3ccccc3)=N/C2=N\c2[n-]c(-c3ccccc3)c(C#Cc3ccccc3)c2-c2ccc(F)cc2)cc1.Fc1ccc(C2=C(C#Cc3ccccc3)C(c3ccccc3)=N/C2=N\c2[n-]c(-c3ccccc3)c(C#Cc3ccccc3)c2-c2ccc(F)cc2)cc1.[Zn+2]. The van der Waals surface area contributed by atoms with Crippen molar-refractivity contribution < 1.29 is 37.0 Å². The van der Waals surface area contributed by atoms with Gasteiger partial charge in [0, 0.05) is 55.7 Å². The summed E-state index contributed by atoms with van der Waals surface area (Å²) < 4.78 is 57.4. The van der Waals surface area contributed by atoms with Crippen LogP contribution in [0, 0.1) is 70.6 Å². The fourth-order valence-electron chi connectivity index (χ4n) is 12.2. The average Bonchev–Trinajstić information content (AvgIpc) is 1.61. The molecule has 0 atom stereocenters. The standard InChI is InChI=1S/2C48H28F2N3.2CH2Cl2.Zn/c2*49-39-27-23-35(24-28-39)43-41(31-21-33-13-5-1-6-14-33)45(37-17-9-3-10-18-37)51-47(43)53-48-44(36-25-29-40(50)30-26-36)42(32-22-34-15-7-2-8-16-34)46(52-48)38-19-11-4-12-20-38;2*2-1-3;/h2*1-20,23-30H;2*1H2;/q2*-1;;;+2/b2*53-47-;;;. The number of alkyl halides is 4. The van der Waals surface area contributed by atoms with Crippen LogP contribution in [0.1, 0.15) is 55.6 Å². The first-order chi connectivity index (χ1) is 55.0. The zero-order chi connectivity index (χ0) is 77.4. The molecule has 0 amide bonds. The molecule has 0 saturated heterocycles.